The molecule has 8 heteroatoms. The molecular formula is C19H27Cl3N4O. The van der Waals surface area contributed by atoms with Gasteiger partial charge in [-0.3, -0.25) is 10.2 Å². The lowest BCUT2D eigenvalue weighted by molar-refractivity contribution is -0.120. The lowest BCUT2D eigenvalue weighted by Gasteiger charge is -2.16. The number of nitrogens with one attached hydrogen (secondary N) is 1. The predicted octanol–water partition coefficient (Wildman–Crippen LogP) is 3.26. The summed E-state index contributed by atoms with van der Waals surface area (Å²) in [4.78, 5) is 18.2. The molecule has 27 heavy (non-hydrogen) atoms. The van der Waals surface area contributed by atoms with Crippen LogP contribution in [0.2, 0.25) is 0 Å². The second-order valence-electron chi connectivity index (χ2n) is 6.28. The van der Waals surface area contributed by atoms with Gasteiger partial charge in [0.25, 0.3) is 0 Å². The number of hydrazine groups is 1. The first-order valence-corrected chi connectivity index (χ1v) is 8.52. The number of amides is 1. The average Bonchev–Trinajstić information content (AvgIpc) is 3.16. The van der Waals surface area contributed by atoms with Crippen LogP contribution in [0, 0.1) is 0 Å². The molecular weight excluding hydrogens is 407 g/mol. The number of aryl methyl sites for hydroxylation is 2. The Labute approximate surface area is 179 Å². The largest absolute Gasteiger partial charge is 0.357 e. The van der Waals surface area contributed by atoms with Gasteiger partial charge in [0.2, 0.25) is 5.91 Å². The van der Waals surface area contributed by atoms with Gasteiger partial charge in [0.1, 0.15) is 5.82 Å². The Morgan fingerprint density at radius 2 is 1.48 bits per heavy atom. The smallest absolute Gasteiger partial charge is 0.238 e. The number of benzene rings is 1. The van der Waals surface area contributed by atoms with Crippen molar-refractivity contribution in [1.29, 1.82) is 0 Å². The topological polar surface area (TPSA) is 71.2 Å². The molecule has 1 aliphatic rings. The molecule has 0 saturated carbocycles. The maximum atomic E-state index is 11.3. The molecule has 1 aromatic carbocycles. The Bertz CT molecular complexity index is 674. The van der Waals surface area contributed by atoms with E-state index in [9.17, 15) is 4.79 Å². The maximum absolute atomic E-state index is 11.3. The third kappa shape index (κ3) is 7.54. The lowest BCUT2D eigenvalue weighted by atomic mass is 10.0. The number of aromatic nitrogens is 1. The molecule has 2 heterocycles. The first-order valence-electron chi connectivity index (χ1n) is 8.52. The zero-order valence-corrected chi connectivity index (χ0v) is 17.5. The Hall–Kier alpha value is -1.53. The van der Waals surface area contributed by atoms with Crippen LogP contribution in [0.25, 0.3) is 0 Å². The van der Waals surface area contributed by atoms with Crippen LogP contribution in [0.5, 0.6) is 0 Å². The highest BCUT2D eigenvalue weighted by Gasteiger charge is 2.12. The van der Waals surface area contributed by atoms with E-state index in [0.29, 0.717) is 6.42 Å². The first kappa shape index (κ1) is 25.5. The minimum Gasteiger partial charge on any atom is -0.357 e. The second-order valence-corrected chi connectivity index (χ2v) is 6.28. The van der Waals surface area contributed by atoms with E-state index in [4.69, 9.17) is 5.84 Å². The number of pyridine rings is 1. The molecule has 1 fully saturated rings. The zero-order chi connectivity index (χ0) is 16.8. The average molecular weight is 434 g/mol. The van der Waals surface area contributed by atoms with Crippen molar-refractivity contribution in [1.82, 2.24) is 10.4 Å². The quantitative estimate of drug-likeness (QED) is 0.417. The summed E-state index contributed by atoms with van der Waals surface area (Å²) < 4.78 is 0. The highest BCUT2D eigenvalue weighted by molar-refractivity contribution is 5.86. The number of hydrogen-bond donors (Lipinski definition) is 2. The molecule has 1 amide bonds. The highest BCUT2D eigenvalue weighted by atomic mass is 35.5. The van der Waals surface area contributed by atoms with Crippen molar-refractivity contribution in [3.05, 3.63) is 59.3 Å². The third-order valence-corrected chi connectivity index (χ3v) is 4.49. The third-order valence-electron chi connectivity index (χ3n) is 4.49. The van der Waals surface area contributed by atoms with E-state index < -0.39 is 0 Å². The van der Waals surface area contributed by atoms with Gasteiger partial charge < -0.3 is 4.90 Å². The maximum Gasteiger partial charge on any atom is 0.238 e. The van der Waals surface area contributed by atoms with E-state index in [0.717, 1.165) is 37.3 Å². The van der Waals surface area contributed by atoms with Gasteiger partial charge in [-0.2, -0.15) is 0 Å². The van der Waals surface area contributed by atoms with Gasteiger partial charge >= 0.3 is 0 Å². The standard InChI is InChI=1S/C19H24N4O.3ClH/c20-22-19(24)13-16-6-3-15(4-7-16)5-8-17-9-10-18(21-14-17)23-11-1-2-12-23;;;/h3-4,6-7,9-10,14H,1-2,5,8,11-13,20H2,(H,22,24);3*1H. The first-order chi connectivity index (χ1) is 11.7. The van der Waals surface area contributed by atoms with E-state index in [1.807, 2.05) is 18.3 Å². The van der Waals surface area contributed by atoms with Crippen molar-refractivity contribution in [2.45, 2.75) is 32.1 Å². The number of nitrogens with zero attached hydrogens (tertiary/aromatic N) is 2. The molecule has 1 aliphatic heterocycles. The molecule has 0 atom stereocenters. The molecule has 2 aromatic rings. The summed E-state index contributed by atoms with van der Waals surface area (Å²) in [6.07, 6.45) is 6.79. The summed E-state index contributed by atoms with van der Waals surface area (Å²) >= 11 is 0. The van der Waals surface area contributed by atoms with Crippen LogP contribution in [-0.4, -0.2) is 24.0 Å². The lowest BCUT2D eigenvalue weighted by Crippen LogP contribution is -2.31. The van der Waals surface area contributed by atoms with Gasteiger partial charge in [-0.15, -0.1) is 37.2 Å². The van der Waals surface area contributed by atoms with Crippen molar-refractivity contribution < 1.29 is 4.79 Å². The second kappa shape index (κ2) is 12.8. The zero-order valence-electron chi connectivity index (χ0n) is 15.1. The Morgan fingerprint density at radius 3 is 2.04 bits per heavy atom. The van der Waals surface area contributed by atoms with Gasteiger partial charge in [-0.05, 0) is 48.4 Å². The molecule has 0 bridgehead atoms. The number of anilines is 1. The molecule has 3 rings (SSSR count). The minimum absolute atomic E-state index is 0. The fourth-order valence-electron chi connectivity index (χ4n) is 3.05. The molecule has 0 unspecified atom stereocenters. The van der Waals surface area contributed by atoms with Crippen LogP contribution < -0.4 is 16.2 Å². The molecule has 1 aromatic heterocycles. The number of hydrogen-bond acceptors (Lipinski definition) is 4. The molecule has 0 radical (unpaired) electrons. The number of halogens is 3. The molecule has 0 aliphatic carbocycles. The summed E-state index contributed by atoms with van der Waals surface area (Å²) in [6.45, 7) is 2.25. The van der Waals surface area contributed by atoms with Gasteiger partial charge in [0.05, 0.1) is 6.42 Å². The summed E-state index contributed by atoms with van der Waals surface area (Å²) in [6, 6.07) is 12.4. The predicted molar refractivity (Wildman–Crippen MR) is 117 cm³/mol. The monoisotopic (exact) mass is 432 g/mol. The van der Waals surface area contributed by atoms with Gasteiger partial charge in [0, 0.05) is 19.3 Å². The van der Waals surface area contributed by atoms with Crippen LogP contribution in [0.3, 0.4) is 0 Å². The molecule has 0 spiro atoms. The van der Waals surface area contributed by atoms with E-state index in [2.05, 4.69) is 39.6 Å². The SMILES string of the molecule is Cl.Cl.Cl.NNC(=O)Cc1ccc(CCc2ccc(N3CCCC3)nc2)cc1. The summed E-state index contributed by atoms with van der Waals surface area (Å²) in [5, 5.41) is 0. The van der Waals surface area contributed by atoms with Crippen molar-refractivity contribution >= 4 is 48.9 Å². The molecule has 1 saturated heterocycles. The fraction of sp³-hybridized carbons (Fsp3) is 0.368. The van der Waals surface area contributed by atoms with E-state index in [-0.39, 0.29) is 43.1 Å². The van der Waals surface area contributed by atoms with Crippen molar-refractivity contribution in [3.8, 4) is 0 Å². The van der Waals surface area contributed by atoms with E-state index in [1.165, 1.54) is 24.0 Å². The van der Waals surface area contributed by atoms with Gasteiger partial charge in [0.15, 0.2) is 0 Å². The van der Waals surface area contributed by atoms with Crippen LogP contribution >= 0.6 is 37.2 Å². The van der Waals surface area contributed by atoms with E-state index in [1.54, 1.807) is 0 Å². The summed E-state index contributed by atoms with van der Waals surface area (Å²) in [5.41, 5.74) is 5.63. The molecule has 3 N–H and O–H groups in total. The minimum atomic E-state index is -0.174. The van der Waals surface area contributed by atoms with Gasteiger partial charge in [-0.1, -0.05) is 30.3 Å². The number of nitrogens with two attached hydrogens (primary N) is 1. The fourth-order valence-corrected chi connectivity index (χ4v) is 3.05. The Balaban J connectivity index is 0.00000225. The van der Waals surface area contributed by atoms with Crippen LogP contribution in [0.15, 0.2) is 42.6 Å². The summed E-state index contributed by atoms with van der Waals surface area (Å²) in [7, 11) is 0. The van der Waals surface area contributed by atoms with Gasteiger partial charge in [-0.25, -0.2) is 10.8 Å². The highest BCUT2D eigenvalue weighted by Crippen LogP contribution is 2.18. The van der Waals surface area contributed by atoms with Crippen molar-refractivity contribution in [2.24, 2.45) is 5.84 Å². The Morgan fingerprint density at radius 1 is 0.926 bits per heavy atom. The van der Waals surface area contributed by atoms with Crippen LogP contribution in [-0.2, 0) is 24.1 Å². The van der Waals surface area contributed by atoms with Crippen molar-refractivity contribution in [2.75, 3.05) is 18.0 Å². The van der Waals surface area contributed by atoms with Crippen LogP contribution in [0.1, 0.15) is 29.5 Å². The molecule has 5 nitrogen and oxygen atoms in total. The number of carbonyl (C=O) groups excluding carboxylic acids is 1. The number of carbonyl (C=O) groups is 1. The molecule has 150 valence electrons. The van der Waals surface area contributed by atoms with E-state index >= 15 is 0 Å². The van der Waals surface area contributed by atoms with Crippen molar-refractivity contribution in [3.63, 3.8) is 0 Å². The number of rotatable bonds is 6. The van der Waals surface area contributed by atoms with Crippen LogP contribution in [0.4, 0.5) is 5.82 Å². The normalized spacial score (nSPS) is 12.4. The summed E-state index contributed by atoms with van der Waals surface area (Å²) in [5.74, 6) is 6.03. The Kier molecular flexibility index (Phi) is 12.1.